The molecular formula is C6H6Cl2F3NO3S. The Kier molecular flexibility index (Phi) is 3.39. The lowest BCUT2D eigenvalue weighted by Gasteiger charge is -2.08. The maximum absolute atomic E-state index is 11.8. The first kappa shape index (κ1) is 13.9. The molecule has 1 fully saturated rings. The molecule has 1 unspecified atom stereocenters. The molecule has 10 heteroatoms. The van der Waals surface area contributed by atoms with Crippen LogP contribution in [0.3, 0.4) is 0 Å². The molecule has 0 bridgehead atoms. The van der Waals surface area contributed by atoms with Crippen molar-refractivity contribution in [3.8, 4) is 0 Å². The quantitative estimate of drug-likeness (QED) is 0.796. The minimum Gasteiger partial charge on any atom is -0.274 e. The zero-order valence-corrected chi connectivity index (χ0v) is 9.84. The summed E-state index contributed by atoms with van der Waals surface area (Å²) in [6.45, 7) is 0. The summed E-state index contributed by atoms with van der Waals surface area (Å²) in [6.07, 6.45) is -4.89. The SMILES string of the molecule is O=C(NS(=O)(=O)CC(F)(F)F)C1CC1(Cl)Cl. The predicted molar refractivity (Wildman–Crippen MR) is 50.5 cm³/mol. The van der Waals surface area contributed by atoms with Crippen molar-refractivity contribution in [2.45, 2.75) is 16.9 Å². The van der Waals surface area contributed by atoms with Crippen molar-refractivity contribution >= 4 is 39.1 Å². The second-order valence-electron chi connectivity index (χ2n) is 3.36. The summed E-state index contributed by atoms with van der Waals surface area (Å²) in [6, 6.07) is 0. The van der Waals surface area contributed by atoms with Gasteiger partial charge in [0.05, 0.1) is 5.92 Å². The van der Waals surface area contributed by atoms with Gasteiger partial charge >= 0.3 is 6.18 Å². The average Bonchev–Trinajstić information content (AvgIpc) is 2.52. The Bertz CT molecular complexity index is 406. The number of sulfonamides is 1. The molecule has 4 nitrogen and oxygen atoms in total. The van der Waals surface area contributed by atoms with Crippen molar-refractivity contribution in [1.82, 2.24) is 4.72 Å². The maximum atomic E-state index is 11.8. The van der Waals surface area contributed by atoms with E-state index in [4.69, 9.17) is 23.2 Å². The number of rotatable bonds is 3. The molecule has 1 rings (SSSR count). The molecule has 1 aliphatic rings. The number of halogens is 5. The molecule has 1 N–H and O–H groups in total. The smallest absolute Gasteiger partial charge is 0.274 e. The van der Waals surface area contributed by atoms with Crippen LogP contribution in [-0.4, -0.2) is 30.6 Å². The monoisotopic (exact) mass is 299 g/mol. The Labute approximate surface area is 99.1 Å². The van der Waals surface area contributed by atoms with Gasteiger partial charge in [0.2, 0.25) is 15.9 Å². The number of nitrogens with one attached hydrogen (secondary N) is 1. The van der Waals surface area contributed by atoms with E-state index in [-0.39, 0.29) is 6.42 Å². The number of hydrogen-bond donors (Lipinski definition) is 1. The van der Waals surface area contributed by atoms with Crippen LogP contribution in [0.1, 0.15) is 6.42 Å². The molecular weight excluding hydrogens is 294 g/mol. The number of carbonyl (C=O) groups is 1. The van der Waals surface area contributed by atoms with Crippen LogP contribution < -0.4 is 4.72 Å². The van der Waals surface area contributed by atoms with E-state index in [1.165, 1.54) is 4.72 Å². The van der Waals surface area contributed by atoms with Gasteiger partial charge in [0.25, 0.3) is 0 Å². The summed E-state index contributed by atoms with van der Waals surface area (Å²) in [5.74, 6) is -4.22. The molecule has 0 aromatic rings. The normalized spacial score (nSPS) is 23.9. The largest absolute Gasteiger partial charge is 0.404 e. The van der Waals surface area contributed by atoms with Gasteiger partial charge in [-0.2, -0.15) is 13.2 Å². The lowest BCUT2D eigenvalue weighted by atomic mass is 10.4. The van der Waals surface area contributed by atoms with Gasteiger partial charge in [0.1, 0.15) is 4.33 Å². The molecule has 1 amide bonds. The number of hydrogen-bond acceptors (Lipinski definition) is 3. The zero-order valence-electron chi connectivity index (χ0n) is 7.51. The Morgan fingerprint density at radius 3 is 2.19 bits per heavy atom. The van der Waals surface area contributed by atoms with Crippen LogP contribution in [0.5, 0.6) is 0 Å². The van der Waals surface area contributed by atoms with E-state index in [0.29, 0.717) is 0 Å². The maximum Gasteiger partial charge on any atom is 0.404 e. The van der Waals surface area contributed by atoms with Gasteiger partial charge < -0.3 is 0 Å². The molecule has 0 aromatic carbocycles. The van der Waals surface area contributed by atoms with Crippen molar-refractivity contribution in [3.63, 3.8) is 0 Å². The van der Waals surface area contributed by atoms with Gasteiger partial charge in [-0.05, 0) is 6.42 Å². The standard InChI is InChI=1S/C6H6Cl2F3NO3S/c7-5(8)1-3(5)4(13)12-16(14,15)2-6(9,10)11/h3H,1-2H2,(H,12,13). The minimum atomic E-state index is -4.91. The first-order chi connectivity index (χ1) is 6.93. The summed E-state index contributed by atoms with van der Waals surface area (Å²) >= 11 is 10.9. The van der Waals surface area contributed by atoms with Crippen LogP contribution in [0, 0.1) is 5.92 Å². The summed E-state index contributed by atoms with van der Waals surface area (Å²) in [7, 11) is -4.74. The van der Waals surface area contributed by atoms with Crippen LogP contribution >= 0.6 is 23.2 Å². The summed E-state index contributed by atoms with van der Waals surface area (Å²) < 4.78 is 57.0. The first-order valence-electron chi connectivity index (χ1n) is 3.92. The predicted octanol–water partition coefficient (Wildman–Crippen LogP) is 1.19. The second-order valence-corrected chi connectivity index (χ2v) is 6.62. The molecule has 0 heterocycles. The molecule has 1 atom stereocenters. The molecule has 16 heavy (non-hydrogen) atoms. The zero-order chi connectivity index (χ0) is 12.8. The van der Waals surface area contributed by atoms with Crippen molar-refractivity contribution in [1.29, 1.82) is 0 Å². The summed E-state index contributed by atoms with van der Waals surface area (Å²) in [4.78, 5) is 11.1. The van der Waals surface area contributed by atoms with E-state index in [1.807, 2.05) is 0 Å². The van der Waals surface area contributed by atoms with E-state index >= 15 is 0 Å². The van der Waals surface area contributed by atoms with Gasteiger partial charge in [-0.25, -0.2) is 8.42 Å². The van der Waals surface area contributed by atoms with E-state index < -0.39 is 38.1 Å². The lowest BCUT2D eigenvalue weighted by Crippen LogP contribution is -2.38. The van der Waals surface area contributed by atoms with Crippen LogP contribution in [0.15, 0.2) is 0 Å². The van der Waals surface area contributed by atoms with E-state index in [9.17, 15) is 26.4 Å². The number of alkyl halides is 5. The Morgan fingerprint density at radius 2 is 1.88 bits per heavy atom. The Morgan fingerprint density at radius 1 is 1.44 bits per heavy atom. The highest BCUT2D eigenvalue weighted by Gasteiger charge is 2.57. The van der Waals surface area contributed by atoms with Gasteiger partial charge in [-0.15, -0.1) is 23.2 Å². The van der Waals surface area contributed by atoms with Crippen molar-refractivity contribution in [3.05, 3.63) is 0 Å². The molecule has 0 saturated heterocycles. The molecule has 0 radical (unpaired) electrons. The second kappa shape index (κ2) is 3.92. The van der Waals surface area contributed by atoms with E-state index in [2.05, 4.69) is 0 Å². The minimum absolute atomic E-state index is 0.0173. The fourth-order valence-electron chi connectivity index (χ4n) is 0.974. The molecule has 0 aromatic heterocycles. The Balaban J connectivity index is 2.58. The van der Waals surface area contributed by atoms with Crippen LogP contribution in [0.4, 0.5) is 13.2 Å². The highest BCUT2D eigenvalue weighted by atomic mass is 35.5. The first-order valence-corrected chi connectivity index (χ1v) is 6.33. The summed E-state index contributed by atoms with van der Waals surface area (Å²) in [5.41, 5.74) is 0. The van der Waals surface area contributed by atoms with E-state index in [0.717, 1.165) is 0 Å². The fourth-order valence-corrected chi connectivity index (χ4v) is 2.43. The molecule has 1 aliphatic carbocycles. The molecule has 1 saturated carbocycles. The van der Waals surface area contributed by atoms with Crippen LogP contribution in [0.2, 0.25) is 0 Å². The fraction of sp³-hybridized carbons (Fsp3) is 0.833. The van der Waals surface area contributed by atoms with Gasteiger partial charge in [-0.1, -0.05) is 0 Å². The van der Waals surface area contributed by atoms with Gasteiger partial charge in [0.15, 0.2) is 5.75 Å². The average molecular weight is 300 g/mol. The van der Waals surface area contributed by atoms with Crippen molar-refractivity contribution < 1.29 is 26.4 Å². The topological polar surface area (TPSA) is 63.2 Å². The third-order valence-corrected chi connectivity index (χ3v) is 3.81. The van der Waals surface area contributed by atoms with Gasteiger partial charge in [-0.3, -0.25) is 9.52 Å². The molecule has 94 valence electrons. The van der Waals surface area contributed by atoms with Crippen molar-refractivity contribution in [2.24, 2.45) is 5.92 Å². The Hall–Kier alpha value is -0.210. The highest BCUT2D eigenvalue weighted by molar-refractivity contribution is 7.90. The lowest BCUT2D eigenvalue weighted by molar-refractivity contribution is -0.120. The van der Waals surface area contributed by atoms with Crippen molar-refractivity contribution in [2.75, 3.05) is 5.75 Å². The van der Waals surface area contributed by atoms with Crippen LogP contribution in [-0.2, 0) is 14.8 Å². The molecule has 0 spiro atoms. The highest BCUT2D eigenvalue weighted by Crippen LogP contribution is 2.53. The number of carbonyl (C=O) groups excluding carboxylic acids is 1. The van der Waals surface area contributed by atoms with E-state index in [1.54, 1.807) is 0 Å². The number of amides is 1. The molecule has 0 aliphatic heterocycles. The third kappa shape index (κ3) is 3.99. The summed E-state index contributed by atoms with van der Waals surface area (Å²) in [5, 5.41) is 0. The third-order valence-electron chi connectivity index (χ3n) is 1.75. The van der Waals surface area contributed by atoms with Crippen LogP contribution in [0.25, 0.3) is 0 Å². The van der Waals surface area contributed by atoms with Gasteiger partial charge in [0, 0.05) is 0 Å².